The highest BCUT2D eigenvalue weighted by molar-refractivity contribution is 7.21. The van der Waals surface area contributed by atoms with Gasteiger partial charge in [0.2, 0.25) is 0 Å². The number of nitrogens with two attached hydrogens (primary N) is 1. The van der Waals surface area contributed by atoms with Crippen molar-refractivity contribution in [2.75, 3.05) is 30.3 Å². The number of pyridine rings is 1. The maximum absolute atomic E-state index is 12.9. The second kappa shape index (κ2) is 7.10. The molecule has 7 nitrogen and oxygen atoms in total. The summed E-state index contributed by atoms with van der Waals surface area (Å²) in [5, 5.41) is 7.51. The number of nitrogens with one attached hydrogen (secondary N) is 2. The monoisotopic (exact) mass is 435 g/mol. The molecular formula is C23H25N5O2S. The van der Waals surface area contributed by atoms with E-state index in [0.717, 1.165) is 46.7 Å². The molecule has 4 aliphatic heterocycles. The first kappa shape index (κ1) is 18.9. The summed E-state index contributed by atoms with van der Waals surface area (Å²) in [5.41, 5.74) is 10.0. The molecule has 3 atom stereocenters. The number of ether oxygens (including phenoxy) is 1. The van der Waals surface area contributed by atoms with E-state index in [1.165, 1.54) is 23.4 Å². The van der Waals surface area contributed by atoms with Crippen molar-refractivity contribution in [3.05, 3.63) is 46.5 Å². The number of carbonyl (C=O) groups is 1. The molecule has 2 unspecified atom stereocenters. The predicted molar refractivity (Wildman–Crippen MR) is 123 cm³/mol. The number of aromatic nitrogens is 1. The number of piperazine rings is 1. The SMILES string of the molecule is Cc1ccc2c(N)c(C(=O)N[C@H]3COc4cc(N5CC6CC(C5)N6)ccc4C3)sc2n1. The fourth-order valence-corrected chi connectivity index (χ4v) is 5.93. The van der Waals surface area contributed by atoms with E-state index < -0.39 is 0 Å². The van der Waals surface area contributed by atoms with Gasteiger partial charge in [0.1, 0.15) is 22.1 Å². The van der Waals surface area contributed by atoms with Crippen LogP contribution < -0.4 is 26.0 Å². The number of hydrogen-bond donors (Lipinski definition) is 3. The summed E-state index contributed by atoms with van der Waals surface area (Å²) in [6, 6.07) is 11.5. The van der Waals surface area contributed by atoms with Crippen molar-refractivity contribution in [1.82, 2.24) is 15.6 Å². The van der Waals surface area contributed by atoms with Crippen LogP contribution in [0, 0.1) is 6.92 Å². The number of aryl methyl sites for hydroxylation is 1. The summed E-state index contributed by atoms with van der Waals surface area (Å²) in [7, 11) is 0. The molecule has 2 bridgehead atoms. The summed E-state index contributed by atoms with van der Waals surface area (Å²) < 4.78 is 6.05. The molecule has 0 aliphatic carbocycles. The molecule has 31 heavy (non-hydrogen) atoms. The van der Waals surface area contributed by atoms with E-state index in [2.05, 4.69) is 38.7 Å². The number of anilines is 2. The van der Waals surface area contributed by atoms with Crippen molar-refractivity contribution in [3.8, 4) is 5.75 Å². The minimum absolute atomic E-state index is 0.0861. The fraction of sp³-hybridized carbons (Fsp3) is 0.391. The second-order valence-corrected chi connectivity index (χ2v) is 9.83. The predicted octanol–water partition coefficient (Wildman–Crippen LogP) is 2.47. The molecule has 160 valence electrons. The molecule has 1 amide bonds. The van der Waals surface area contributed by atoms with Crippen molar-refractivity contribution in [2.45, 2.75) is 37.9 Å². The van der Waals surface area contributed by atoms with Gasteiger partial charge in [0.05, 0.1) is 11.7 Å². The molecule has 0 spiro atoms. The Balaban J connectivity index is 1.16. The third-order valence-corrected chi connectivity index (χ3v) is 7.63. The van der Waals surface area contributed by atoms with Crippen molar-refractivity contribution >= 4 is 38.8 Å². The minimum atomic E-state index is -0.160. The number of fused-ring (bicyclic) bond motifs is 4. The number of carbonyl (C=O) groups excluding carboxylic acids is 1. The molecule has 0 saturated carbocycles. The van der Waals surface area contributed by atoms with Crippen molar-refractivity contribution in [2.24, 2.45) is 0 Å². The Morgan fingerprint density at radius 2 is 2.10 bits per heavy atom. The largest absolute Gasteiger partial charge is 0.491 e. The Bertz CT molecular complexity index is 1180. The number of thiophene rings is 1. The lowest BCUT2D eigenvalue weighted by molar-refractivity contribution is 0.0920. The molecule has 7 rings (SSSR count). The average Bonchev–Trinajstić information content (AvgIpc) is 3.08. The Morgan fingerprint density at radius 1 is 1.29 bits per heavy atom. The van der Waals surface area contributed by atoms with Crippen molar-refractivity contribution in [3.63, 3.8) is 0 Å². The van der Waals surface area contributed by atoms with Crippen LogP contribution in [0.5, 0.6) is 5.75 Å². The summed E-state index contributed by atoms with van der Waals surface area (Å²) in [5.74, 6) is 0.767. The first-order chi connectivity index (χ1) is 15.0. The van der Waals surface area contributed by atoms with Gasteiger partial charge in [-0.05, 0) is 43.5 Å². The summed E-state index contributed by atoms with van der Waals surface area (Å²) in [4.78, 5) is 21.2. The first-order valence-corrected chi connectivity index (χ1v) is 11.6. The number of nitrogens with zero attached hydrogens (tertiary/aromatic N) is 2. The van der Waals surface area contributed by atoms with Crippen LogP contribution >= 0.6 is 11.3 Å². The Labute approximate surface area is 184 Å². The molecule has 4 N–H and O–H groups in total. The Morgan fingerprint density at radius 3 is 2.90 bits per heavy atom. The summed E-state index contributed by atoms with van der Waals surface area (Å²) in [6.07, 6.45) is 2.04. The third-order valence-electron chi connectivity index (χ3n) is 6.52. The number of piperidine rings is 1. The average molecular weight is 436 g/mol. The lowest BCUT2D eigenvalue weighted by Crippen LogP contribution is -2.67. The molecule has 0 radical (unpaired) electrons. The van der Waals surface area contributed by atoms with Crippen LogP contribution in [0.2, 0.25) is 0 Å². The van der Waals surface area contributed by atoms with E-state index in [-0.39, 0.29) is 11.9 Å². The highest BCUT2D eigenvalue weighted by atomic mass is 32.1. The van der Waals surface area contributed by atoms with Crippen molar-refractivity contribution in [1.29, 1.82) is 0 Å². The maximum Gasteiger partial charge on any atom is 0.263 e. The topological polar surface area (TPSA) is 92.5 Å². The maximum atomic E-state index is 12.9. The van der Waals surface area contributed by atoms with E-state index in [9.17, 15) is 4.79 Å². The number of amides is 1. The van der Waals surface area contributed by atoms with E-state index >= 15 is 0 Å². The Hall–Kier alpha value is -2.84. The van der Waals surface area contributed by atoms with Crippen LogP contribution in [0.15, 0.2) is 30.3 Å². The van der Waals surface area contributed by atoms with Crippen LogP contribution in [-0.4, -0.2) is 48.7 Å². The van der Waals surface area contributed by atoms with Gasteiger partial charge in [0, 0.05) is 48.0 Å². The number of nitrogen functional groups attached to an aromatic ring is 1. The number of hydrogen-bond acceptors (Lipinski definition) is 7. The lowest BCUT2D eigenvalue weighted by atomic mass is 9.91. The van der Waals surface area contributed by atoms with Gasteiger partial charge in [0.15, 0.2) is 0 Å². The van der Waals surface area contributed by atoms with Crippen LogP contribution in [0.1, 0.15) is 27.3 Å². The zero-order valence-electron chi connectivity index (χ0n) is 17.4. The normalized spacial score (nSPS) is 24.3. The first-order valence-electron chi connectivity index (χ1n) is 10.8. The fourth-order valence-electron chi connectivity index (χ4n) is 4.88. The smallest absolute Gasteiger partial charge is 0.263 e. The van der Waals surface area contributed by atoms with Gasteiger partial charge in [-0.1, -0.05) is 6.07 Å². The molecule has 6 heterocycles. The van der Waals surface area contributed by atoms with Gasteiger partial charge < -0.3 is 26.0 Å². The van der Waals surface area contributed by atoms with Crippen LogP contribution in [0.3, 0.4) is 0 Å². The molecule has 3 saturated heterocycles. The van der Waals surface area contributed by atoms with Crippen LogP contribution in [0.4, 0.5) is 11.4 Å². The highest BCUT2D eigenvalue weighted by Crippen LogP contribution is 2.34. The molecule has 1 aromatic carbocycles. The molecule has 3 aromatic rings. The summed E-state index contributed by atoms with van der Waals surface area (Å²) in [6.45, 7) is 4.50. The zero-order chi connectivity index (χ0) is 21.1. The molecular weight excluding hydrogens is 410 g/mol. The van der Waals surface area contributed by atoms with Crippen LogP contribution in [-0.2, 0) is 6.42 Å². The van der Waals surface area contributed by atoms with Gasteiger partial charge in [0.25, 0.3) is 5.91 Å². The van der Waals surface area contributed by atoms with Crippen LogP contribution in [0.25, 0.3) is 10.2 Å². The van der Waals surface area contributed by atoms with E-state index in [1.54, 1.807) is 0 Å². The number of rotatable bonds is 3. The van der Waals surface area contributed by atoms with Gasteiger partial charge in [-0.15, -0.1) is 11.3 Å². The Kier molecular flexibility index (Phi) is 4.33. The standard InChI is InChI=1S/C23H25N5O2S/c1-12-2-5-18-20(24)21(31-23(18)25-12)22(29)27-16-6-13-3-4-17(8-19(13)30-11-16)28-9-14-7-15(10-28)26-14/h2-5,8,14-16,26H,6-7,9-11,24H2,1H3,(H,27,29)/t14?,15?,16-/m1/s1. The van der Waals surface area contributed by atoms with Gasteiger partial charge in [-0.3, -0.25) is 4.79 Å². The quantitative estimate of drug-likeness (QED) is 0.585. The number of benzene rings is 1. The van der Waals surface area contributed by atoms with Crippen molar-refractivity contribution < 1.29 is 9.53 Å². The van der Waals surface area contributed by atoms with Gasteiger partial charge >= 0.3 is 0 Å². The lowest BCUT2D eigenvalue weighted by Gasteiger charge is -2.49. The van der Waals surface area contributed by atoms with E-state index in [0.29, 0.717) is 29.3 Å². The second-order valence-electron chi connectivity index (χ2n) is 8.83. The van der Waals surface area contributed by atoms with E-state index in [1.807, 2.05) is 19.1 Å². The molecule has 3 fully saturated rings. The van der Waals surface area contributed by atoms with Gasteiger partial charge in [-0.25, -0.2) is 4.98 Å². The van der Waals surface area contributed by atoms with E-state index in [4.69, 9.17) is 10.5 Å². The molecule has 4 aliphatic rings. The zero-order valence-corrected chi connectivity index (χ0v) is 18.2. The summed E-state index contributed by atoms with van der Waals surface area (Å²) >= 11 is 1.34. The minimum Gasteiger partial charge on any atom is -0.491 e. The third kappa shape index (κ3) is 3.30. The molecule has 8 heteroatoms. The van der Waals surface area contributed by atoms with Gasteiger partial charge in [-0.2, -0.15) is 0 Å². The molecule has 2 aromatic heterocycles. The highest BCUT2D eigenvalue weighted by Gasteiger charge is 2.36.